The van der Waals surface area contributed by atoms with E-state index < -0.39 is 5.97 Å². The van der Waals surface area contributed by atoms with Crippen LogP contribution in [0.1, 0.15) is 19.8 Å². The molecule has 0 radical (unpaired) electrons. The summed E-state index contributed by atoms with van der Waals surface area (Å²) in [5.41, 5.74) is 0. The van der Waals surface area contributed by atoms with Gasteiger partial charge in [0.25, 0.3) is 0 Å². The van der Waals surface area contributed by atoms with Gasteiger partial charge in [0.2, 0.25) is 0 Å². The van der Waals surface area contributed by atoms with E-state index in [-0.39, 0.29) is 11.9 Å². The number of esters is 1. The lowest BCUT2D eigenvalue weighted by molar-refractivity contribution is -0.139. The zero-order valence-corrected chi connectivity index (χ0v) is 5.83. The molecule has 3 heteroatoms. The molecule has 1 atom stereocenters. The first-order chi connectivity index (χ1) is 4.74. The van der Waals surface area contributed by atoms with Crippen molar-refractivity contribution in [3.8, 4) is 0 Å². The molecule has 1 unspecified atom stereocenters. The maximum absolute atomic E-state index is 10.5. The summed E-state index contributed by atoms with van der Waals surface area (Å²) in [4.78, 5) is 10.5. The number of ether oxygens (including phenoxy) is 1. The van der Waals surface area contributed by atoms with Crippen LogP contribution in [0.15, 0.2) is 11.8 Å². The Balaban J connectivity index is 2.51. The fourth-order valence-electron chi connectivity index (χ4n) is 0.917. The molecule has 10 heavy (non-hydrogen) atoms. The summed E-state index contributed by atoms with van der Waals surface area (Å²) >= 11 is 0. The van der Waals surface area contributed by atoms with Crippen molar-refractivity contribution in [2.45, 2.75) is 25.9 Å². The van der Waals surface area contributed by atoms with Gasteiger partial charge in [0.05, 0.1) is 6.08 Å². The number of hydrogen-bond donors (Lipinski definition) is 1. The fourth-order valence-corrected chi connectivity index (χ4v) is 0.917. The molecule has 56 valence electrons. The molecule has 0 saturated heterocycles. The molecule has 1 aliphatic heterocycles. The van der Waals surface area contributed by atoms with Crippen LogP contribution in [0, 0.1) is 0 Å². The smallest absolute Gasteiger partial charge is 0.335 e. The van der Waals surface area contributed by atoms with Gasteiger partial charge in [-0.1, -0.05) is 13.3 Å². The zero-order chi connectivity index (χ0) is 7.56. The Morgan fingerprint density at radius 3 is 2.90 bits per heavy atom. The quantitative estimate of drug-likeness (QED) is 0.588. The monoisotopic (exact) mass is 142 g/mol. The van der Waals surface area contributed by atoms with Gasteiger partial charge in [-0.05, 0) is 6.42 Å². The minimum atomic E-state index is -0.434. The summed E-state index contributed by atoms with van der Waals surface area (Å²) in [6.07, 6.45) is 2.35. The lowest BCUT2D eigenvalue weighted by atomic mass is 10.2. The normalized spacial score (nSPS) is 24.3. The van der Waals surface area contributed by atoms with E-state index in [1.807, 2.05) is 6.92 Å². The summed E-state index contributed by atoms with van der Waals surface area (Å²) < 4.78 is 4.73. The van der Waals surface area contributed by atoms with E-state index in [4.69, 9.17) is 9.84 Å². The number of aliphatic hydroxyl groups is 1. The molecule has 0 aromatic carbocycles. The van der Waals surface area contributed by atoms with Gasteiger partial charge in [0, 0.05) is 0 Å². The molecule has 0 bridgehead atoms. The number of rotatable bonds is 2. The maximum Gasteiger partial charge on any atom is 0.335 e. The molecule has 0 spiro atoms. The third-order valence-electron chi connectivity index (χ3n) is 1.40. The Kier molecular flexibility index (Phi) is 1.94. The lowest BCUT2D eigenvalue weighted by Crippen LogP contribution is -2.10. The predicted octanol–water partition coefficient (Wildman–Crippen LogP) is 1.15. The van der Waals surface area contributed by atoms with Gasteiger partial charge in [-0.25, -0.2) is 4.79 Å². The topological polar surface area (TPSA) is 46.5 Å². The predicted molar refractivity (Wildman–Crippen MR) is 35.5 cm³/mol. The first-order valence-electron chi connectivity index (χ1n) is 3.35. The van der Waals surface area contributed by atoms with Gasteiger partial charge in [0.15, 0.2) is 6.10 Å². The molecule has 0 aromatic rings. The van der Waals surface area contributed by atoms with Crippen LogP contribution in [0.2, 0.25) is 0 Å². The van der Waals surface area contributed by atoms with Gasteiger partial charge in [-0.2, -0.15) is 0 Å². The number of carbonyl (C=O) groups excluding carboxylic acids is 1. The summed E-state index contributed by atoms with van der Waals surface area (Å²) in [7, 11) is 0. The third kappa shape index (κ3) is 1.29. The van der Waals surface area contributed by atoms with E-state index in [1.165, 1.54) is 0 Å². The Labute approximate surface area is 59.3 Å². The standard InChI is InChI=1S/C7H10O3/c1-2-3-6-5(8)4-7(9)10-6/h4,6,8H,2-3H2,1H3. The van der Waals surface area contributed by atoms with Crippen LogP contribution in [-0.2, 0) is 9.53 Å². The van der Waals surface area contributed by atoms with E-state index in [2.05, 4.69) is 0 Å². The van der Waals surface area contributed by atoms with Crippen LogP contribution >= 0.6 is 0 Å². The van der Waals surface area contributed by atoms with E-state index >= 15 is 0 Å². The third-order valence-corrected chi connectivity index (χ3v) is 1.40. The van der Waals surface area contributed by atoms with Crippen molar-refractivity contribution >= 4 is 5.97 Å². The van der Waals surface area contributed by atoms with Gasteiger partial charge in [-0.15, -0.1) is 0 Å². The number of cyclic esters (lactones) is 1. The second-order valence-electron chi connectivity index (χ2n) is 2.28. The average molecular weight is 142 g/mol. The van der Waals surface area contributed by atoms with Crippen molar-refractivity contribution in [2.24, 2.45) is 0 Å². The minimum absolute atomic E-state index is 0.0619. The molecular weight excluding hydrogens is 132 g/mol. The fraction of sp³-hybridized carbons (Fsp3) is 0.571. The van der Waals surface area contributed by atoms with E-state index in [0.717, 1.165) is 12.5 Å². The van der Waals surface area contributed by atoms with Crippen LogP contribution in [0.25, 0.3) is 0 Å². The molecule has 0 aromatic heterocycles. The van der Waals surface area contributed by atoms with Gasteiger partial charge in [0.1, 0.15) is 5.76 Å². The highest BCUT2D eigenvalue weighted by atomic mass is 16.6. The van der Waals surface area contributed by atoms with Crippen LogP contribution in [0.3, 0.4) is 0 Å². The van der Waals surface area contributed by atoms with Crippen LogP contribution in [0.4, 0.5) is 0 Å². The Morgan fingerprint density at radius 1 is 1.80 bits per heavy atom. The summed E-state index contributed by atoms with van der Waals surface area (Å²) in [5, 5.41) is 9.01. The molecule has 1 aliphatic rings. The van der Waals surface area contributed by atoms with Crippen molar-refractivity contribution in [2.75, 3.05) is 0 Å². The molecule has 1 heterocycles. The Hall–Kier alpha value is -0.990. The van der Waals surface area contributed by atoms with Crippen molar-refractivity contribution < 1.29 is 14.6 Å². The molecule has 0 saturated carbocycles. The number of hydrogen-bond acceptors (Lipinski definition) is 3. The lowest BCUT2D eigenvalue weighted by Gasteiger charge is -2.07. The zero-order valence-electron chi connectivity index (χ0n) is 5.83. The van der Waals surface area contributed by atoms with E-state index in [1.54, 1.807) is 0 Å². The Bertz CT molecular complexity index is 172. The molecule has 1 N–H and O–H groups in total. The maximum atomic E-state index is 10.5. The highest BCUT2D eigenvalue weighted by Gasteiger charge is 2.24. The molecule has 3 nitrogen and oxygen atoms in total. The first-order valence-corrected chi connectivity index (χ1v) is 3.35. The van der Waals surface area contributed by atoms with Crippen LogP contribution in [0.5, 0.6) is 0 Å². The van der Waals surface area contributed by atoms with Gasteiger partial charge in [-0.3, -0.25) is 0 Å². The molecular formula is C7H10O3. The first kappa shape index (κ1) is 7.12. The highest BCUT2D eigenvalue weighted by Crippen LogP contribution is 2.16. The summed E-state index contributed by atoms with van der Waals surface area (Å²) in [5.74, 6) is -0.372. The van der Waals surface area contributed by atoms with Crippen molar-refractivity contribution in [1.82, 2.24) is 0 Å². The minimum Gasteiger partial charge on any atom is -0.508 e. The summed E-state index contributed by atoms with van der Waals surface area (Å²) in [6.45, 7) is 1.97. The van der Waals surface area contributed by atoms with Gasteiger partial charge < -0.3 is 9.84 Å². The van der Waals surface area contributed by atoms with Crippen molar-refractivity contribution in [3.05, 3.63) is 11.8 Å². The SMILES string of the molecule is CCCC1OC(=O)C=C1O. The van der Waals surface area contributed by atoms with Crippen LogP contribution < -0.4 is 0 Å². The number of carbonyl (C=O) groups is 1. The van der Waals surface area contributed by atoms with Gasteiger partial charge >= 0.3 is 5.97 Å². The Morgan fingerprint density at radius 2 is 2.50 bits per heavy atom. The average Bonchev–Trinajstić information content (AvgIpc) is 2.13. The largest absolute Gasteiger partial charge is 0.508 e. The number of aliphatic hydroxyl groups excluding tert-OH is 1. The molecule has 0 fully saturated rings. The van der Waals surface area contributed by atoms with E-state index in [0.29, 0.717) is 6.42 Å². The second-order valence-corrected chi connectivity index (χ2v) is 2.28. The summed E-state index contributed by atoms with van der Waals surface area (Å²) in [6, 6.07) is 0. The molecule has 1 rings (SSSR count). The highest BCUT2D eigenvalue weighted by molar-refractivity contribution is 5.85. The second kappa shape index (κ2) is 2.73. The van der Waals surface area contributed by atoms with Crippen molar-refractivity contribution in [1.29, 1.82) is 0 Å². The van der Waals surface area contributed by atoms with Crippen molar-refractivity contribution in [3.63, 3.8) is 0 Å². The van der Waals surface area contributed by atoms with E-state index in [9.17, 15) is 4.79 Å². The van der Waals surface area contributed by atoms with Crippen LogP contribution in [-0.4, -0.2) is 17.2 Å². The molecule has 0 amide bonds. The molecule has 0 aliphatic carbocycles.